The fourth-order valence-electron chi connectivity index (χ4n) is 3.34. The molecule has 0 N–H and O–H groups in total. The summed E-state index contributed by atoms with van der Waals surface area (Å²) < 4.78 is 19.0. The molecule has 0 aliphatic carbocycles. The van der Waals surface area contributed by atoms with Gasteiger partial charge in [0.2, 0.25) is 0 Å². The molecule has 26 heavy (non-hydrogen) atoms. The van der Waals surface area contributed by atoms with E-state index in [2.05, 4.69) is 9.88 Å². The third kappa shape index (κ3) is 2.97. The summed E-state index contributed by atoms with van der Waals surface area (Å²) in [5, 5.41) is 12.6. The van der Waals surface area contributed by atoms with Gasteiger partial charge in [0.05, 0.1) is 16.9 Å². The standard InChI is InChI=1S/C19H16FN3O3/c20-14-3-1-13(2-4-14)19-12-22(9-10-26-19)17-5-6-18(23(24)25)16-11-21-8-7-15(16)17/h1-8,11,19H,9-10,12H2. The molecule has 0 amide bonds. The Morgan fingerprint density at radius 1 is 1.15 bits per heavy atom. The van der Waals surface area contributed by atoms with Gasteiger partial charge in [-0.3, -0.25) is 15.1 Å². The number of aromatic nitrogens is 1. The van der Waals surface area contributed by atoms with Crippen LogP contribution in [0.1, 0.15) is 11.7 Å². The van der Waals surface area contributed by atoms with Gasteiger partial charge in [-0.2, -0.15) is 0 Å². The summed E-state index contributed by atoms with van der Waals surface area (Å²) in [4.78, 5) is 17.1. The van der Waals surface area contributed by atoms with Crippen molar-refractivity contribution < 1.29 is 14.1 Å². The highest BCUT2D eigenvalue weighted by Gasteiger charge is 2.25. The zero-order valence-corrected chi connectivity index (χ0v) is 13.8. The smallest absolute Gasteiger partial charge is 0.278 e. The van der Waals surface area contributed by atoms with E-state index in [9.17, 15) is 14.5 Å². The van der Waals surface area contributed by atoms with Crippen molar-refractivity contribution in [3.05, 3.63) is 76.4 Å². The average Bonchev–Trinajstić information content (AvgIpc) is 2.67. The number of pyridine rings is 1. The second-order valence-electron chi connectivity index (χ2n) is 6.14. The maximum absolute atomic E-state index is 13.2. The molecule has 7 heteroatoms. The summed E-state index contributed by atoms with van der Waals surface area (Å²) in [7, 11) is 0. The van der Waals surface area contributed by atoms with Gasteiger partial charge < -0.3 is 9.64 Å². The summed E-state index contributed by atoms with van der Waals surface area (Å²) >= 11 is 0. The van der Waals surface area contributed by atoms with Crippen LogP contribution < -0.4 is 4.90 Å². The van der Waals surface area contributed by atoms with Gasteiger partial charge in [0.15, 0.2) is 0 Å². The molecule has 6 nitrogen and oxygen atoms in total. The molecule has 1 saturated heterocycles. The second kappa shape index (κ2) is 6.68. The van der Waals surface area contributed by atoms with E-state index >= 15 is 0 Å². The van der Waals surface area contributed by atoms with E-state index in [1.165, 1.54) is 24.4 Å². The van der Waals surface area contributed by atoms with Crippen LogP contribution >= 0.6 is 0 Å². The summed E-state index contributed by atoms with van der Waals surface area (Å²) in [5.41, 5.74) is 1.85. The predicted octanol–water partition coefficient (Wildman–Crippen LogP) is 3.86. The van der Waals surface area contributed by atoms with E-state index in [0.29, 0.717) is 25.1 Å². The maximum atomic E-state index is 13.2. The first kappa shape index (κ1) is 16.4. The molecular weight excluding hydrogens is 337 g/mol. The molecule has 1 fully saturated rings. The highest BCUT2D eigenvalue weighted by Crippen LogP contribution is 2.35. The van der Waals surface area contributed by atoms with Crippen molar-refractivity contribution in [2.24, 2.45) is 0 Å². The molecule has 0 spiro atoms. The minimum absolute atomic E-state index is 0.0418. The number of halogens is 1. The van der Waals surface area contributed by atoms with Crippen LogP contribution in [0.3, 0.4) is 0 Å². The lowest BCUT2D eigenvalue weighted by Crippen LogP contribution is -2.38. The number of rotatable bonds is 3. The number of hydrogen-bond acceptors (Lipinski definition) is 5. The highest BCUT2D eigenvalue weighted by molar-refractivity contribution is 5.99. The molecule has 0 saturated carbocycles. The normalized spacial score (nSPS) is 17.4. The number of hydrogen-bond donors (Lipinski definition) is 0. The monoisotopic (exact) mass is 353 g/mol. The molecule has 0 bridgehead atoms. The third-order valence-electron chi connectivity index (χ3n) is 4.62. The van der Waals surface area contributed by atoms with Crippen LogP contribution in [0.2, 0.25) is 0 Å². The lowest BCUT2D eigenvalue weighted by atomic mass is 10.0. The molecule has 2 aromatic carbocycles. The van der Waals surface area contributed by atoms with Crippen molar-refractivity contribution in [2.75, 3.05) is 24.6 Å². The fraction of sp³-hybridized carbons (Fsp3) is 0.211. The van der Waals surface area contributed by atoms with Crippen molar-refractivity contribution >= 4 is 22.1 Å². The number of nitro benzene ring substituents is 1. The van der Waals surface area contributed by atoms with Crippen molar-refractivity contribution in [2.45, 2.75) is 6.10 Å². The molecule has 132 valence electrons. The summed E-state index contributed by atoms with van der Waals surface area (Å²) in [6.07, 6.45) is 2.97. The number of nitrogens with zero attached hydrogens (tertiary/aromatic N) is 3. The number of morpholine rings is 1. The summed E-state index contributed by atoms with van der Waals surface area (Å²) in [6.45, 7) is 1.78. The molecule has 1 unspecified atom stereocenters. The Kier molecular flexibility index (Phi) is 4.22. The molecule has 4 rings (SSSR count). The molecule has 0 radical (unpaired) electrons. The SMILES string of the molecule is O=[N+]([O-])c1ccc(N2CCOC(c3ccc(F)cc3)C2)c2ccncc12. The first-order valence-corrected chi connectivity index (χ1v) is 8.26. The molecule has 1 atom stereocenters. The van der Waals surface area contributed by atoms with Gasteiger partial charge in [-0.15, -0.1) is 0 Å². The van der Waals surface area contributed by atoms with Crippen LogP contribution in [0.15, 0.2) is 54.9 Å². The first-order valence-electron chi connectivity index (χ1n) is 8.26. The summed E-state index contributed by atoms with van der Waals surface area (Å²) in [6, 6.07) is 11.4. The van der Waals surface area contributed by atoms with Crippen molar-refractivity contribution in [1.29, 1.82) is 0 Å². The zero-order valence-electron chi connectivity index (χ0n) is 13.8. The Balaban J connectivity index is 1.70. The van der Waals surface area contributed by atoms with Crippen LogP contribution in [0.5, 0.6) is 0 Å². The number of fused-ring (bicyclic) bond motifs is 1. The van der Waals surface area contributed by atoms with Gasteiger partial charge in [0, 0.05) is 42.6 Å². The average molecular weight is 353 g/mol. The molecule has 3 aromatic rings. The largest absolute Gasteiger partial charge is 0.370 e. The number of non-ortho nitro benzene ring substituents is 1. The van der Waals surface area contributed by atoms with Gasteiger partial charge in [0.1, 0.15) is 11.9 Å². The van der Waals surface area contributed by atoms with Crippen LogP contribution in [0.25, 0.3) is 10.8 Å². The number of ether oxygens (including phenoxy) is 1. The van der Waals surface area contributed by atoms with Gasteiger partial charge in [0.25, 0.3) is 5.69 Å². The fourth-order valence-corrected chi connectivity index (χ4v) is 3.34. The number of anilines is 1. The van der Waals surface area contributed by atoms with E-state index in [0.717, 1.165) is 16.6 Å². The van der Waals surface area contributed by atoms with Crippen LogP contribution in [0.4, 0.5) is 15.8 Å². The highest BCUT2D eigenvalue weighted by atomic mass is 19.1. The Morgan fingerprint density at radius 3 is 2.73 bits per heavy atom. The minimum Gasteiger partial charge on any atom is -0.370 e. The first-order chi connectivity index (χ1) is 12.6. The van der Waals surface area contributed by atoms with E-state index in [1.54, 1.807) is 30.5 Å². The van der Waals surface area contributed by atoms with Gasteiger partial charge in [-0.1, -0.05) is 12.1 Å². The van der Waals surface area contributed by atoms with Crippen molar-refractivity contribution in [3.63, 3.8) is 0 Å². The number of benzene rings is 2. The molecular formula is C19H16FN3O3. The van der Waals surface area contributed by atoms with Crippen molar-refractivity contribution in [1.82, 2.24) is 4.98 Å². The van der Waals surface area contributed by atoms with Crippen LogP contribution in [0, 0.1) is 15.9 Å². The predicted molar refractivity (Wildman–Crippen MR) is 95.7 cm³/mol. The van der Waals surface area contributed by atoms with E-state index < -0.39 is 4.92 Å². The maximum Gasteiger partial charge on any atom is 0.278 e. The molecule has 1 aliphatic heterocycles. The van der Waals surface area contributed by atoms with E-state index in [4.69, 9.17) is 4.74 Å². The lowest BCUT2D eigenvalue weighted by molar-refractivity contribution is -0.383. The molecule has 2 heterocycles. The quantitative estimate of drug-likeness (QED) is 0.528. The Labute approximate surface area is 149 Å². The minimum atomic E-state index is -0.394. The summed E-state index contributed by atoms with van der Waals surface area (Å²) in [5.74, 6) is -0.282. The van der Waals surface area contributed by atoms with Crippen molar-refractivity contribution in [3.8, 4) is 0 Å². The van der Waals surface area contributed by atoms with Gasteiger partial charge >= 0.3 is 0 Å². The van der Waals surface area contributed by atoms with Crippen LogP contribution in [-0.4, -0.2) is 29.6 Å². The number of nitro groups is 1. The van der Waals surface area contributed by atoms with Crippen LogP contribution in [-0.2, 0) is 4.74 Å². The Bertz CT molecular complexity index is 962. The Morgan fingerprint density at radius 2 is 1.96 bits per heavy atom. The molecule has 1 aromatic heterocycles. The lowest BCUT2D eigenvalue weighted by Gasteiger charge is -2.35. The Hall–Kier alpha value is -3.06. The molecule has 1 aliphatic rings. The third-order valence-corrected chi connectivity index (χ3v) is 4.62. The van der Waals surface area contributed by atoms with E-state index in [-0.39, 0.29) is 17.6 Å². The van der Waals surface area contributed by atoms with E-state index in [1.807, 2.05) is 0 Å². The topological polar surface area (TPSA) is 68.5 Å². The van der Waals surface area contributed by atoms with Gasteiger partial charge in [-0.25, -0.2) is 4.39 Å². The second-order valence-corrected chi connectivity index (χ2v) is 6.14. The zero-order chi connectivity index (χ0) is 18.1. The van der Waals surface area contributed by atoms with Gasteiger partial charge in [-0.05, 0) is 29.8 Å².